The molecule has 1 aliphatic carbocycles. The molecule has 8 rings (SSSR count). The van der Waals surface area contributed by atoms with Gasteiger partial charge in [-0.05, 0) is 98.8 Å². The van der Waals surface area contributed by atoms with Crippen LogP contribution in [-0.2, 0) is 49.4 Å². The van der Waals surface area contributed by atoms with E-state index < -0.39 is 177 Å². The fourth-order valence-electron chi connectivity index (χ4n) is 11.8. The molecule has 3 aromatic rings. The second kappa shape index (κ2) is 30.8. The number of hydrogen-bond donors (Lipinski definition) is 14. The molecule has 4 heterocycles. The molecule has 12 unspecified atom stereocenters. The van der Waals surface area contributed by atoms with Gasteiger partial charge < -0.3 is 96.6 Å². The second-order valence-electron chi connectivity index (χ2n) is 23.2. The van der Waals surface area contributed by atoms with Gasteiger partial charge in [0.05, 0.1) is 49.1 Å². The maximum absolute atomic E-state index is 14.7. The Morgan fingerprint density at radius 2 is 1.35 bits per heavy atom. The highest BCUT2D eigenvalue weighted by Gasteiger charge is 2.50. The van der Waals surface area contributed by atoms with Gasteiger partial charge in [0.25, 0.3) is 18.2 Å². The van der Waals surface area contributed by atoms with Crippen LogP contribution in [0.1, 0.15) is 81.1 Å². The number of rotatable bonds is 17. The predicted molar refractivity (Wildman–Crippen MR) is 315 cm³/mol. The summed E-state index contributed by atoms with van der Waals surface area (Å²) in [5.41, 5.74) is 7.46. The molecule has 31 heteroatoms. The molecule has 15 N–H and O–H groups in total. The van der Waals surface area contributed by atoms with Gasteiger partial charge in [-0.25, -0.2) is 5.26 Å². The maximum Gasteiger partial charge on any atom is 0.261 e. The van der Waals surface area contributed by atoms with Gasteiger partial charge in [-0.3, -0.25) is 38.4 Å². The number of carbonyl (C=O) groups is 8. The number of hydrogen-bond acceptors (Lipinski definition) is 23. The van der Waals surface area contributed by atoms with Crippen LogP contribution in [-0.4, -0.2) is 223 Å². The molecule has 5 aliphatic rings. The summed E-state index contributed by atoms with van der Waals surface area (Å²) in [6.07, 6.45) is -7.53. The Balaban J connectivity index is 1.05. The van der Waals surface area contributed by atoms with E-state index in [4.69, 9.17) is 19.9 Å². The number of aliphatic hydroxyl groups is 6. The number of benzene rings is 3. The van der Waals surface area contributed by atoms with E-state index in [0.29, 0.717) is 26.2 Å². The average Bonchev–Trinajstić information content (AvgIpc) is 1.97. The Labute approximate surface area is 516 Å². The average molecular weight is 1270 g/mol. The van der Waals surface area contributed by atoms with Crippen molar-refractivity contribution in [2.75, 3.05) is 55.6 Å². The van der Waals surface area contributed by atoms with Crippen molar-refractivity contribution >= 4 is 71.0 Å². The molecule has 89 heavy (non-hydrogen) atoms. The number of phenolic OH excluding ortho intramolecular Hbond substituents is 1. The molecule has 3 aromatic carbocycles. The highest BCUT2D eigenvalue weighted by Crippen LogP contribution is 2.32. The minimum Gasteiger partial charge on any atom is -0.504 e. The van der Waals surface area contributed by atoms with E-state index in [1.54, 1.807) is 12.1 Å². The van der Waals surface area contributed by atoms with Gasteiger partial charge >= 0.3 is 0 Å². The number of nitrogens with zero attached hydrogens (tertiary/aromatic N) is 4. The summed E-state index contributed by atoms with van der Waals surface area (Å²) in [5.74, 6) is -10.1. The normalized spacial score (nSPS) is 27.4. The van der Waals surface area contributed by atoms with Crippen LogP contribution in [0.4, 0.5) is 11.4 Å². The van der Waals surface area contributed by atoms with Crippen molar-refractivity contribution in [3.8, 4) is 17.2 Å². The van der Waals surface area contributed by atoms with E-state index in [1.807, 2.05) is 12.1 Å². The summed E-state index contributed by atoms with van der Waals surface area (Å²) in [4.78, 5) is 120. The van der Waals surface area contributed by atoms with Gasteiger partial charge in [-0.1, -0.05) is 28.8 Å². The molecular formula is C58H78N10O20S. The summed E-state index contributed by atoms with van der Waals surface area (Å²) in [6.45, 7) is 3.66. The lowest BCUT2D eigenvalue weighted by Crippen LogP contribution is -2.64. The number of primary amides is 1. The minimum absolute atomic E-state index is 0.0621. The van der Waals surface area contributed by atoms with Crippen LogP contribution in [0.3, 0.4) is 0 Å². The van der Waals surface area contributed by atoms with Crippen LogP contribution in [0.2, 0.25) is 0 Å². The van der Waals surface area contributed by atoms with Gasteiger partial charge in [-0.15, -0.1) is 0 Å². The van der Waals surface area contributed by atoms with Gasteiger partial charge in [0.1, 0.15) is 42.0 Å². The Bertz CT molecular complexity index is 2970. The number of fused-ring (bicyclic) bond motifs is 2. The van der Waals surface area contributed by atoms with Gasteiger partial charge in [0.15, 0.2) is 11.5 Å². The van der Waals surface area contributed by atoms with E-state index in [2.05, 4.69) is 57.9 Å². The SMILES string of the molecule is CC(O)C1NC(=O)[C@@H](NC(=O)c2ccc(N3CCN(c4ccc(OC5CCCCC5)cc4)CC3)cc2)CC(O)CNC(=O)C2C(O)C(C)CN2C(=O)C(C(O)CC(N)=O)NC(=O)C(C(O)Cc2ccc(O)c(OSOOO)c2)NC(=O)C2CC(O)CN2C1=O. The molecular weight excluding hydrogens is 1190 g/mol. The first-order chi connectivity index (χ1) is 42.5. The number of ether oxygens (including phenoxy) is 1. The van der Waals surface area contributed by atoms with Crippen LogP contribution >= 0.6 is 12.3 Å². The van der Waals surface area contributed by atoms with Crippen LogP contribution in [0.15, 0.2) is 66.7 Å². The van der Waals surface area contributed by atoms with E-state index >= 15 is 0 Å². The standard InChI is InChI=1S/C58H78N10O20S/c1-30-28-68-50(51(30)76)56(81)60-27-36(70)24-40(61-52(77)33-9-11-34(12-10-33)65-18-20-66(21-19-65)35-13-15-39(16-14-35)85-38-6-4-3-5-7-38)53(78)62-47(31(2)69)57(82)67-29-37(71)25-41(67)54(79)63-48(55(80)64-49(58(68)83)44(74)26-46(59)75)43(73)22-32-8-17-42(72)45(23-32)86-89-88-87-84/h8-17,23,30-31,36-38,40-41,43-44,47-51,69-74,76,84H,3-7,18-22,24-29H2,1-2H3,(H2,59,75)(H,60,81)(H,61,77)(H,62,78)(H,63,79)(H,64,80)/t30?,31?,36?,37?,40-,41?,43?,44?,47?,48?,49?,50?,51?/m0/s1. The third-order valence-electron chi connectivity index (χ3n) is 16.6. The Hall–Kier alpha value is -7.59. The number of β-amino-alcohol motifs (C(OH)–C–C–N with tert-alkyl or cyclic N) is 1. The number of nitrogens with two attached hydrogens (primary N) is 1. The zero-order chi connectivity index (χ0) is 64.2. The highest BCUT2D eigenvalue weighted by molar-refractivity contribution is 7.90. The Morgan fingerprint density at radius 1 is 0.730 bits per heavy atom. The summed E-state index contributed by atoms with van der Waals surface area (Å²) < 4.78 is 15.5. The molecule has 0 spiro atoms. The lowest BCUT2D eigenvalue weighted by molar-refractivity contribution is -0.433. The van der Waals surface area contributed by atoms with Gasteiger partial charge in [0, 0.05) is 87.9 Å². The lowest BCUT2D eigenvalue weighted by Gasteiger charge is -2.37. The van der Waals surface area contributed by atoms with Crippen LogP contribution in [0, 0.1) is 5.92 Å². The molecule has 30 nitrogen and oxygen atoms in total. The topological polar surface area (TPSA) is 434 Å². The van der Waals surface area contributed by atoms with E-state index in [-0.39, 0.29) is 35.3 Å². The summed E-state index contributed by atoms with van der Waals surface area (Å²) in [6, 6.07) is 6.61. The molecule has 8 amide bonds. The van der Waals surface area contributed by atoms with Crippen molar-refractivity contribution in [2.45, 2.75) is 151 Å². The number of amides is 8. The largest absolute Gasteiger partial charge is 0.504 e. The Kier molecular flexibility index (Phi) is 23.3. The number of nitrogens with one attached hydrogen (secondary N) is 5. The molecule has 486 valence electrons. The molecule has 0 bridgehead atoms. The van der Waals surface area contributed by atoms with Gasteiger partial charge in [-0.2, -0.15) is 0 Å². The van der Waals surface area contributed by atoms with E-state index in [0.717, 1.165) is 58.8 Å². The fraction of sp³-hybridized carbons (Fsp3) is 0.552. The summed E-state index contributed by atoms with van der Waals surface area (Å²) in [7, 11) is 0. The van der Waals surface area contributed by atoms with Crippen molar-refractivity contribution in [1.82, 2.24) is 36.4 Å². The monoisotopic (exact) mass is 1270 g/mol. The van der Waals surface area contributed by atoms with Crippen molar-refractivity contribution < 1.29 is 97.7 Å². The van der Waals surface area contributed by atoms with E-state index in [9.17, 15) is 74.1 Å². The van der Waals surface area contributed by atoms with Crippen LogP contribution < -0.4 is 51.0 Å². The summed E-state index contributed by atoms with van der Waals surface area (Å²) in [5, 5.41) is 103. The number of aromatic hydroxyl groups is 1. The molecule has 4 aliphatic heterocycles. The quantitative estimate of drug-likeness (QED) is 0.0290. The van der Waals surface area contributed by atoms with Crippen LogP contribution in [0.5, 0.6) is 17.2 Å². The number of phenols is 1. The first kappa shape index (κ1) is 67.3. The third kappa shape index (κ3) is 17.2. The van der Waals surface area contributed by atoms with Crippen molar-refractivity contribution in [3.05, 3.63) is 77.9 Å². The molecule has 0 aromatic heterocycles. The first-order valence-corrected chi connectivity index (χ1v) is 30.1. The van der Waals surface area contributed by atoms with Gasteiger partial charge in [0.2, 0.25) is 41.4 Å². The number of piperazine rings is 1. The zero-order valence-corrected chi connectivity index (χ0v) is 49.8. The smallest absolute Gasteiger partial charge is 0.261 e. The molecule has 4 saturated heterocycles. The third-order valence-corrected chi connectivity index (χ3v) is 17.0. The zero-order valence-electron chi connectivity index (χ0n) is 49.0. The second-order valence-corrected chi connectivity index (χ2v) is 23.6. The van der Waals surface area contributed by atoms with Crippen molar-refractivity contribution in [1.29, 1.82) is 0 Å². The maximum atomic E-state index is 14.7. The molecule has 0 radical (unpaired) electrons. The predicted octanol–water partition coefficient (Wildman–Crippen LogP) is -2.38. The van der Waals surface area contributed by atoms with Crippen molar-refractivity contribution in [2.24, 2.45) is 11.7 Å². The fourth-order valence-corrected chi connectivity index (χ4v) is 12.1. The summed E-state index contributed by atoms with van der Waals surface area (Å²) >= 11 is 0.0621. The number of anilines is 2. The first-order valence-electron chi connectivity index (χ1n) is 29.5. The lowest BCUT2D eigenvalue weighted by atomic mass is 9.98. The molecule has 1 saturated carbocycles. The van der Waals surface area contributed by atoms with Crippen molar-refractivity contribution in [3.63, 3.8) is 0 Å². The number of aliphatic hydroxyl groups excluding tert-OH is 6. The molecule has 5 fully saturated rings. The Morgan fingerprint density at radius 3 is 1.98 bits per heavy atom. The minimum atomic E-state index is -2.21. The van der Waals surface area contributed by atoms with E-state index in [1.165, 1.54) is 44.4 Å². The number of carbonyl (C=O) groups excluding carboxylic acids is 8. The van der Waals surface area contributed by atoms with Crippen LogP contribution in [0.25, 0.3) is 0 Å². The highest BCUT2D eigenvalue weighted by atomic mass is 32.2. The molecule has 13 atom stereocenters.